The molecular weight excluding hydrogens is 640 g/mol. The van der Waals surface area contributed by atoms with Gasteiger partial charge in [-0.2, -0.15) is 0 Å². The van der Waals surface area contributed by atoms with Crippen LogP contribution in [0.3, 0.4) is 0 Å². The summed E-state index contributed by atoms with van der Waals surface area (Å²) in [7, 11) is 0. The zero-order valence-electron chi connectivity index (χ0n) is 29.7. The molecule has 49 heavy (non-hydrogen) atoms. The Morgan fingerprint density at radius 3 is 1.94 bits per heavy atom. The van der Waals surface area contributed by atoms with Crippen molar-refractivity contribution in [2.75, 3.05) is 6.61 Å². The van der Waals surface area contributed by atoms with E-state index in [2.05, 4.69) is 0 Å². The van der Waals surface area contributed by atoms with Crippen molar-refractivity contribution in [1.29, 1.82) is 0 Å². The SMILES string of the molecule is CC[C@@H](C)C(=O)OC[C@]12[C@H](OC(=O)c3ccccc3)[C@@H](OC(=O)[C@H](C)CC)[C@@H]3[C@@H](OC(C)=O)[C@]1(OC3(C)C)[C@@](C)(O)C[C@H](O)[C@@H]2OC(C)=O. The number of esters is 5. The maximum Gasteiger partial charge on any atom is 0.338 e. The zero-order valence-corrected chi connectivity index (χ0v) is 29.7. The molecule has 2 bridgehead atoms. The van der Waals surface area contributed by atoms with E-state index < -0.39 is 113 Å². The Bertz CT molecular complexity index is 1420. The molecule has 2 saturated carbocycles. The van der Waals surface area contributed by atoms with E-state index >= 15 is 0 Å². The van der Waals surface area contributed by atoms with Crippen LogP contribution in [0, 0.1) is 23.2 Å². The predicted octanol–water partition coefficient (Wildman–Crippen LogP) is 3.30. The number of hydrogen-bond donors (Lipinski definition) is 2. The topological polar surface area (TPSA) is 181 Å². The van der Waals surface area contributed by atoms with Gasteiger partial charge in [0.05, 0.1) is 40.6 Å². The molecule has 272 valence electrons. The number of rotatable bonds is 11. The molecule has 3 fully saturated rings. The van der Waals surface area contributed by atoms with Gasteiger partial charge < -0.3 is 38.6 Å². The second kappa shape index (κ2) is 14.0. The Labute approximate surface area is 286 Å². The highest BCUT2D eigenvalue weighted by molar-refractivity contribution is 5.89. The number of fused-ring (bicyclic) bond motifs is 1. The highest BCUT2D eigenvalue weighted by Gasteiger charge is 2.88. The highest BCUT2D eigenvalue weighted by atomic mass is 16.6. The lowest BCUT2D eigenvalue weighted by Crippen LogP contribution is -2.85. The number of aliphatic hydroxyl groups is 2. The lowest BCUT2D eigenvalue weighted by Gasteiger charge is -2.66. The monoisotopic (exact) mass is 690 g/mol. The number of hydrogen-bond acceptors (Lipinski definition) is 13. The lowest BCUT2D eigenvalue weighted by molar-refractivity contribution is -0.363. The number of aliphatic hydroxyl groups excluding tert-OH is 1. The van der Waals surface area contributed by atoms with Crippen LogP contribution in [-0.4, -0.2) is 94.0 Å². The summed E-state index contributed by atoms with van der Waals surface area (Å²) in [6, 6.07) is 7.94. The maximum absolute atomic E-state index is 14.0. The van der Waals surface area contributed by atoms with Gasteiger partial charge in [0, 0.05) is 20.3 Å². The minimum atomic E-state index is -2.24. The summed E-state index contributed by atoms with van der Waals surface area (Å²) in [5.74, 6) is -6.21. The molecule has 1 aliphatic heterocycles. The Hall–Kier alpha value is -3.55. The molecule has 13 heteroatoms. The van der Waals surface area contributed by atoms with Crippen molar-refractivity contribution in [2.45, 2.75) is 129 Å². The second-order valence-corrected chi connectivity index (χ2v) is 14.4. The van der Waals surface area contributed by atoms with Crippen molar-refractivity contribution >= 4 is 29.8 Å². The van der Waals surface area contributed by atoms with Crippen LogP contribution in [0.2, 0.25) is 0 Å². The quantitative estimate of drug-likeness (QED) is 0.255. The van der Waals surface area contributed by atoms with Gasteiger partial charge in [-0.3, -0.25) is 19.2 Å². The molecule has 1 heterocycles. The van der Waals surface area contributed by atoms with Gasteiger partial charge in [-0.15, -0.1) is 0 Å². The molecule has 11 atom stereocenters. The highest BCUT2D eigenvalue weighted by Crippen LogP contribution is 2.69. The van der Waals surface area contributed by atoms with Crippen molar-refractivity contribution in [3.8, 4) is 0 Å². The molecule has 2 aliphatic carbocycles. The molecule has 13 nitrogen and oxygen atoms in total. The third-order valence-electron chi connectivity index (χ3n) is 10.6. The van der Waals surface area contributed by atoms with Crippen LogP contribution in [0.5, 0.6) is 0 Å². The van der Waals surface area contributed by atoms with Gasteiger partial charge in [0.1, 0.15) is 30.3 Å². The smallest absolute Gasteiger partial charge is 0.338 e. The van der Waals surface area contributed by atoms with Crippen molar-refractivity contribution < 1.29 is 62.6 Å². The van der Waals surface area contributed by atoms with Gasteiger partial charge in [-0.1, -0.05) is 45.9 Å². The molecule has 3 aliphatic rings. The molecule has 1 aromatic rings. The third kappa shape index (κ3) is 6.45. The Kier molecular flexibility index (Phi) is 10.9. The van der Waals surface area contributed by atoms with Crippen molar-refractivity contribution in [1.82, 2.24) is 0 Å². The van der Waals surface area contributed by atoms with E-state index in [1.165, 1.54) is 19.1 Å². The Balaban J connectivity index is 2.15. The van der Waals surface area contributed by atoms with Crippen LogP contribution >= 0.6 is 0 Å². The van der Waals surface area contributed by atoms with E-state index in [9.17, 15) is 34.2 Å². The fourth-order valence-electron chi connectivity index (χ4n) is 8.03. The molecule has 4 rings (SSSR count). The van der Waals surface area contributed by atoms with Crippen molar-refractivity contribution in [2.24, 2.45) is 23.2 Å². The molecule has 0 radical (unpaired) electrons. The van der Waals surface area contributed by atoms with E-state index in [4.69, 9.17) is 28.4 Å². The first-order valence-corrected chi connectivity index (χ1v) is 16.9. The molecule has 0 aromatic heterocycles. The Morgan fingerprint density at radius 1 is 0.837 bits per heavy atom. The predicted molar refractivity (Wildman–Crippen MR) is 172 cm³/mol. The van der Waals surface area contributed by atoms with Crippen LogP contribution in [-0.2, 0) is 47.6 Å². The first-order chi connectivity index (χ1) is 22.8. The first kappa shape index (κ1) is 38.3. The number of benzene rings is 1. The third-order valence-corrected chi connectivity index (χ3v) is 10.6. The Morgan fingerprint density at radius 2 is 1.39 bits per heavy atom. The normalized spacial score (nSPS) is 35.6. The van der Waals surface area contributed by atoms with Crippen LogP contribution in [0.1, 0.15) is 91.9 Å². The standard InChI is InChI=1S/C36H50O13/c1-10-19(3)30(40)44-18-35-27(45-21(5)37)24(39)17-34(9,43)36(35)28(46-22(6)38)25(33(7,8)49-36)26(47-31(41)20(4)11-2)29(35)48-32(42)23-15-13-12-14-16-23/h12-16,19-20,24-29,39,43H,10-11,17-18H2,1-9H3/t19-,20-,24+,25-,26+,27+,28-,29-,34+,35+,36+/m1/s1. The second-order valence-electron chi connectivity index (χ2n) is 14.4. The minimum Gasteiger partial charge on any atom is -0.464 e. The lowest BCUT2D eigenvalue weighted by atomic mass is 9.45. The molecule has 1 saturated heterocycles. The van der Waals surface area contributed by atoms with Gasteiger partial charge in [0.15, 0.2) is 11.7 Å². The summed E-state index contributed by atoms with van der Waals surface area (Å²) in [5.41, 5.74) is -7.83. The van der Waals surface area contributed by atoms with Crippen LogP contribution in [0.15, 0.2) is 30.3 Å². The van der Waals surface area contributed by atoms with E-state index in [0.717, 1.165) is 13.8 Å². The first-order valence-electron chi connectivity index (χ1n) is 16.9. The van der Waals surface area contributed by atoms with Crippen LogP contribution in [0.25, 0.3) is 0 Å². The zero-order chi connectivity index (χ0) is 36.7. The molecule has 2 N–H and O–H groups in total. The van der Waals surface area contributed by atoms with Gasteiger partial charge >= 0.3 is 29.8 Å². The fraction of sp³-hybridized carbons (Fsp3) is 0.694. The van der Waals surface area contributed by atoms with Gasteiger partial charge in [-0.05, 0) is 45.7 Å². The molecule has 0 amide bonds. The maximum atomic E-state index is 14.0. The van der Waals surface area contributed by atoms with Crippen LogP contribution in [0.4, 0.5) is 0 Å². The van der Waals surface area contributed by atoms with E-state index in [-0.39, 0.29) is 5.56 Å². The average Bonchev–Trinajstić information content (AvgIpc) is 3.23. The molecule has 1 spiro atoms. The number of ether oxygens (including phenoxy) is 6. The van der Waals surface area contributed by atoms with Crippen LogP contribution < -0.4 is 0 Å². The molecule has 0 unspecified atom stereocenters. The molecule has 1 aromatic carbocycles. The van der Waals surface area contributed by atoms with Crippen molar-refractivity contribution in [3.05, 3.63) is 35.9 Å². The van der Waals surface area contributed by atoms with Gasteiger partial charge in [-0.25, -0.2) is 4.79 Å². The summed E-state index contributed by atoms with van der Waals surface area (Å²) >= 11 is 0. The largest absolute Gasteiger partial charge is 0.464 e. The fourth-order valence-corrected chi connectivity index (χ4v) is 8.03. The van der Waals surface area contributed by atoms with Gasteiger partial charge in [0.2, 0.25) is 0 Å². The van der Waals surface area contributed by atoms with Crippen molar-refractivity contribution in [3.63, 3.8) is 0 Å². The number of carbonyl (C=O) groups is 5. The van der Waals surface area contributed by atoms with E-state index in [1.54, 1.807) is 59.7 Å². The summed E-state index contributed by atoms with van der Waals surface area (Å²) in [4.78, 5) is 66.9. The average molecular weight is 691 g/mol. The summed E-state index contributed by atoms with van der Waals surface area (Å²) in [6.07, 6.45) is -7.68. The summed E-state index contributed by atoms with van der Waals surface area (Å²) in [5, 5.41) is 24.3. The molecular formula is C36H50O13. The van der Waals surface area contributed by atoms with E-state index in [1.807, 2.05) is 0 Å². The van der Waals surface area contributed by atoms with E-state index in [0.29, 0.717) is 12.8 Å². The summed E-state index contributed by atoms with van der Waals surface area (Å²) in [6.45, 7) is 13.0. The number of carbonyl (C=O) groups excluding carboxylic acids is 5. The minimum absolute atomic E-state index is 0.108. The van der Waals surface area contributed by atoms with Gasteiger partial charge in [0.25, 0.3) is 0 Å². The summed E-state index contributed by atoms with van der Waals surface area (Å²) < 4.78 is 37.3.